The fourth-order valence-electron chi connectivity index (χ4n) is 1.11. The molecule has 0 fully saturated rings. The summed E-state index contributed by atoms with van der Waals surface area (Å²) in [6.45, 7) is 0. The van der Waals surface area contributed by atoms with E-state index in [2.05, 4.69) is 23.7 Å². The van der Waals surface area contributed by atoms with Crippen LogP contribution in [0, 0.1) is 0 Å². The van der Waals surface area contributed by atoms with E-state index in [4.69, 9.17) is 4.74 Å². The lowest BCUT2D eigenvalue weighted by Gasteiger charge is -2.03. The van der Waals surface area contributed by atoms with Crippen LogP contribution in [0.5, 0.6) is 11.5 Å². The van der Waals surface area contributed by atoms with Gasteiger partial charge in [-0.1, -0.05) is 36.4 Å². The van der Waals surface area contributed by atoms with Crippen molar-refractivity contribution in [3.05, 3.63) is 60.7 Å². The Morgan fingerprint density at radius 1 is 0.765 bits per heavy atom. The largest absolute Gasteiger partial charge is 0.457 e. The van der Waals surface area contributed by atoms with Crippen molar-refractivity contribution in [2.75, 3.05) is 0 Å². The van der Waals surface area contributed by atoms with Crippen molar-refractivity contribution < 1.29 is 4.74 Å². The average Bonchev–Trinajstić information content (AvgIpc) is 2.31. The van der Waals surface area contributed by atoms with Crippen LogP contribution in [0.4, 0.5) is 0 Å². The van der Waals surface area contributed by atoms with Gasteiger partial charge in [-0.25, -0.2) is 0 Å². The second kappa shape index (κ2) is 7.24. The monoisotopic (exact) mass is 246 g/mol. The van der Waals surface area contributed by atoms with Crippen molar-refractivity contribution >= 4 is 17.3 Å². The quantitative estimate of drug-likeness (QED) is 0.800. The summed E-state index contributed by atoms with van der Waals surface area (Å²) >= 11 is 4.09. The Morgan fingerprint density at radius 3 is 1.35 bits per heavy atom. The number of para-hydroxylation sites is 2. The summed E-state index contributed by atoms with van der Waals surface area (Å²) in [4.78, 5) is 0. The Morgan fingerprint density at radius 2 is 1.06 bits per heavy atom. The molecule has 2 aromatic rings. The SMILES string of the molecule is NC(N)=S.c1ccc(Oc2ccccc2)cc1. The van der Waals surface area contributed by atoms with E-state index in [0.717, 1.165) is 11.5 Å². The zero-order valence-electron chi connectivity index (χ0n) is 9.24. The third-order valence-corrected chi connectivity index (χ3v) is 1.72. The zero-order valence-corrected chi connectivity index (χ0v) is 10.1. The number of thiocarbonyl (C=S) groups is 1. The Balaban J connectivity index is 0.000000317. The van der Waals surface area contributed by atoms with E-state index in [-0.39, 0.29) is 5.11 Å². The highest BCUT2D eigenvalue weighted by Crippen LogP contribution is 2.19. The van der Waals surface area contributed by atoms with Gasteiger partial charge in [0.1, 0.15) is 11.5 Å². The van der Waals surface area contributed by atoms with Crippen molar-refractivity contribution in [1.82, 2.24) is 0 Å². The molecule has 0 radical (unpaired) electrons. The van der Waals surface area contributed by atoms with E-state index >= 15 is 0 Å². The second-order valence-corrected chi connectivity index (χ2v) is 3.60. The van der Waals surface area contributed by atoms with Gasteiger partial charge in [-0.3, -0.25) is 0 Å². The van der Waals surface area contributed by atoms with E-state index < -0.39 is 0 Å². The second-order valence-electron chi connectivity index (χ2n) is 3.13. The van der Waals surface area contributed by atoms with Crippen LogP contribution < -0.4 is 16.2 Å². The maximum atomic E-state index is 5.58. The van der Waals surface area contributed by atoms with Crippen LogP contribution in [0.15, 0.2) is 60.7 Å². The van der Waals surface area contributed by atoms with Gasteiger partial charge < -0.3 is 16.2 Å². The molecule has 0 saturated carbocycles. The Hall–Kier alpha value is -2.07. The third kappa shape index (κ3) is 6.17. The highest BCUT2D eigenvalue weighted by molar-refractivity contribution is 7.80. The molecule has 17 heavy (non-hydrogen) atoms. The normalized spacial score (nSPS) is 8.71. The first-order valence-electron chi connectivity index (χ1n) is 5.01. The summed E-state index contributed by atoms with van der Waals surface area (Å²) in [6, 6.07) is 19.5. The fourth-order valence-corrected chi connectivity index (χ4v) is 1.11. The van der Waals surface area contributed by atoms with Gasteiger partial charge in [0, 0.05) is 0 Å². The Labute approximate surface area is 106 Å². The molecule has 0 aliphatic rings. The molecule has 2 rings (SSSR count). The molecule has 0 spiro atoms. The standard InChI is InChI=1S/C12H10O.CH4N2S/c1-3-7-11(8-4-1)13-12-9-5-2-6-10-12;2-1(3)4/h1-10H;(H4,2,3,4). The maximum absolute atomic E-state index is 5.58. The molecule has 2 aromatic carbocycles. The molecule has 88 valence electrons. The molecule has 3 nitrogen and oxygen atoms in total. The number of ether oxygens (including phenoxy) is 1. The smallest absolute Gasteiger partial charge is 0.160 e. The van der Waals surface area contributed by atoms with Gasteiger partial charge in [0.15, 0.2) is 5.11 Å². The molecule has 0 aliphatic carbocycles. The van der Waals surface area contributed by atoms with Crippen LogP contribution in [0.1, 0.15) is 0 Å². The predicted molar refractivity (Wildman–Crippen MR) is 73.9 cm³/mol. The van der Waals surface area contributed by atoms with Gasteiger partial charge in [-0.05, 0) is 36.5 Å². The Kier molecular flexibility index (Phi) is 5.54. The van der Waals surface area contributed by atoms with Gasteiger partial charge in [0.05, 0.1) is 0 Å². The highest BCUT2D eigenvalue weighted by atomic mass is 32.1. The number of hydrogen-bond donors (Lipinski definition) is 2. The molecule has 0 bridgehead atoms. The van der Waals surface area contributed by atoms with Crippen LogP contribution >= 0.6 is 12.2 Å². The van der Waals surface area contributed by atoms with Gasteiger partial charge in [-0.15, -0.1) is 0 Å². The first-order valence-corrected chi connectivity index (χ1v) is 5.42. The summed E-state index contributed by atoms with van der Waals surface area (Å²) in [5, 5.41) is 0.000000000000000222. The third-order valence-electron chi connectivity index (χ3n) is 1.72. The topological polar surface area (TPSA) is 61.3 Å². The Bertz CT molecular complexity index is 404. The lowest BCUT2D eigenvalue weighted by atomic mass is 10.3. The van der Waals surface area contributed by atoms with Crippen LogP contribution in [0.2, 0.25) is 0 Å². The summed E-state index contributed by atoms with van der Waals surface area (Å²) in [7, 11) is 0. The molecule has 0 saturated heterocycles. The summed E-state index contributed by atoms with van der Waals surface area (Å²) in [6.07, 6.45) is 0. The van der Waals surface area contributed by atoms with Crippen molar-refractivity contribution in [3.63, 3.8) is 0 Å². The molecule has 0 atom stereocenters. The van der Waals surface area contributed by atoms with Crippen molar-refractivity contribution in [2.45, 2.75) is 0 Å². The molecular formula is C13H14N2OS. The molecule has 0 heterocycles. The average molecular weight is 246 g/mol. The number of benzene rings is 2. The zero-order chi connectivity index (χ0) is 12.5. The fraction of sp³-hybridized carbons (Fsp3) is 0. The predicted octanol–water partition coefficient (Wildman–Crippen LogP) is 2.67. The minimum absolute atomic E-state index is 0.000000000000000222. The van der Waals surface area contributed by atoms with E-state index in [0.29, 0.717) is 0 Å². The summed E-state index contributed by atoms with van der Waals surface area (Å²) in [5.74, 6) is 1.74. The minimum atomic E-state index is 0.000000000000000222. The van der Waals surface area contributed by atoms with Gasteiger partial charge in [0.25, 0.3) is 0 Å². The van der Waals surface area contributed by atoms with Crippen molar-refractivity contribution in [2.24, 2.45) is 11.5 Å². The van der Waals surface area contributed by atoms with Crippen LogP contribution in [0.3, 0.4) is 0 Å². The first kappa shape index (κ1) is 13.0. The number of nitrogens with two attached hydrogens (primary N) is 2. The molecule has 0 aliphatic heterocycles. The first-order chi connectivity index (χ1) is 8.18. The molecule has 0 amide bonds. The van der Waals surface area contributed by atoms with E-state index in [1.807, 2.05) is 60.7 Å². The van der Waals surface area contributed by atoms with E-state index in [9.17, 15) is 0 Å². The summed E-state index contributed by atoms with van der Waals surface area (Å²) in [5.41, 5.74) is 9.24. The lowest BCUT2D eigenvalue weighted by Crippen LogP contribution is -2.18. The van der Waals surface area contributed by atoms with Crippen molar-refractivity contribution in [1.29, 1.82) is 0 Å². The maximum Gasteiger partial charge on any atom is 0.160 e. The van der Waals surface area contributed by atoms with Crippen LogP contribution in [0.25, 0.3) is 0 Å². The highest BCUT2D eigenvalue weighted by Gasteiger charge is 1.92. The number of hydrogen-bond acceptors (Lipinski definition) is 2. The van der Waals surface area contributed by atoms with Gasteiger partial charge >= 0.3 is 0 Å². The minimum Gasteiger partial charge on any atom is -0.457 e. The van der Waals surface area contributed by atoms with Gasteiger partial charge in [-0.2, -0.15) is 0 Å². The van der Waals surface area contributed by atoms with E-state index in [1.165, 1.54) is 0 Å². The lowest BCUT2D eigenvalue weighted by molar-refractivity contribution is 0.482. The number of rotatable bonds is 2. The van der Waals surface area contributed by atoms with Gasteiger partial charge in [0.2, 0.25) is 0 Å². The van der Waals surface area contributed by atoms with Crippen molar-refractivity contribution in [3.8, 4) is 11.5 Å². The van der Waals surface area contributed by atoms with E-state index in [1.54, 1.807) is 0 Å². The molecule has 0 aromatic heterocycles. The van der Waals surface area contributed by atoms with Crippen LogP contribution in [-0.2, 0) is 0 Å². The van der Waals surface area contributed by atoms with Crippen LogP contribution in [-0.4, -0.2) is 5.11 Å². The molecule has 0 unspecified atom stereocenters. The summed E-state index contributed by atoms with van der Waals surface area (Å²) < 4.78 is 5.58. The molecule has 4 N–H and O–H groups in total. The molecular weight excluding hydrogens is 232 g/mol. The molecule has 4 heteroatoms.